The standard InChI is InChI=1S/C13H9ClFNO3/c1-19-12-5-7(13(17)18)4-11(16-12)9-6-8(14)2-3-10(9)15/h2-6H,1H3,(H,17,18). The summed E-state index contributed by atoms with van der Waals surface area (Å²) < 4.78 is 18.6. The number of halogens is 2. The zero-order valence-corrected chi connectivity index (χ0v) is 10.6. The summed E-state index contributed by atoms with van der Waals surface area (Å²) in [5.41, 5.74) is 0.229. The summed E-state index contributed by atoms with van der Waals surface area (Å²) in [6, 6.07) is 6.50. The highest BCUT2D eigenvalue weighted by Crippen LogP contribution is 2.27. The summed E-state index contributed by atoms with van der Waals surface area (Å²) in [5, 5.41) is 9.33. The van der Waals surface area contributed by atoms with E-state index in [1.807, 2.05) is 0 Å². The van der Waals surface area contributed by atoms with Crippen molar-refractivity contribution in [2.75, 3.05) is 7.11 Å². The predicted molar refractivity (Wildman–Crippen MR) is 68.2 cm³/mol. The van der Waals surface area contributed by atoms with Crippen molar-refractivity contribution in [3.8, 4) is 17.1 Å². The smallest absolute Gasteiger partial charge is 0.335 e. The number of aromatic nitrogens is 1. The molecule has 0 saturated carbocycles. The molecule has 0 bridgehead atoms. The van der Waals surface area contributed by atoms with Gasteiger partial charge in [-0.2, -0.15) is 0 Å². The van der Waals surface area contributed by atoms with E-state index in [9.17, 15) is 9.18 Å². The molecule has 1 aromatic carbocycles. The maximum atomic E-state index is 13.7. The molecule has 0 aliphatic carbocycles. The van der Waals surface area contributed by atoms with E-state index in [2.05, 4.69) is 4.98 Å². The normalized spacial score (nSPS) is 10.3. The van der Waals surface area contributed by atoms with Gasteiger partial charge in [0, 0.05) is 16.7 Å². The second-order valence-corrected chi connectivity index (χ2v) is 4.15. The molecule has 2 aromatic rings. The lowest BCUT2D eigenvalue weighted by Crippen LogP contribution is -2.01. The summed E-state index contributed by atoms with van der Waals surface area (Å²) in [5.74, 6) is -1.60. The lowest BCUT2D eigenvalue weighted by atomic mass is 10.1. The molecular weight excluding hydrogens is 273 g/mol. The van der Waals surface area contributed by atoms with Gasteiger partial charge >= 0.3 is 5.97 Å². The Morgan fingerprint density at radius 2 is 2.11 bits per heavy atom. The molecule has 0 saturated heterocycles. The number of methoxy groups -OCH3 is 1. The molecule has 1 heterocycles. The van der Waals surface area contributed by atoms with Crippen LogP contribution in [0.25, 0.3) is 11.3 Å². The summed E-state index contributed by atoms with van der Waals surface area (Å²) in [7, 11) is 1.35. The van der Waals surface area contributed by atoms with Crippen LogP contribution in [0, 0.1) is 5.82 Å². The van der Waals surface area contributed by atoms with E-state index in [1.165, 1.54) is 37.4 Å². The van der Waals surface area contributed by atoms with Crippen LogP contribution in [0.1, 0.15) is 10.4 Å². The zero-order chi connectivity index (χ0) is 14.0. The van der Waals surface area contributed by atoms with E-state index in [1.54, 1.807) is 0 Å². The van der Waals surface area contributed by atoms with Crippen LogP contribution in [0.2, 0.25) is 5.02 Å². The first-order chi connectivity index (χ1) is 9.01. The Morgan fingerprint density at radius 1 is 1.37 bits per heavy atom. The lowest BCUT2D eigenvalue weighted by Gasteiger charge is -2.07. The van der Waals surface area contributed by atoms with E-state index >= 15 is 0 Å². The SMILES string of the molecule is COc1cc(C(=O)O)cc(-c2cc(Cl)ccc2F)n1. The van der Waals surface area contributed by atoms with Gasteiger partial charge in [-0.1, -0.05) is 11.6 Å². The Labute approximate surface area is 113 Å². The summed E-state index contributed by atoms with van der Waals surface area (Å²) in [6.45, 7) is 0. The topological polar surface area (TPSA) is 59.4 Å². The number of hydrogen-bond donors (Lipinski definition) is 1. The van der Waals surface area contributed by atoms with Crippen LogP contribution in [-0.4, -0.2) is 23.2 Å². The van der Waals surface area contributed by atoms with Crippen molar-refractivity contribution in [1.82, 2.24) is 4.98 Å². The minimum atomic E-state index is -1.15. The molecule has 0 fully saturated rings. The van der Waals surface area contributed by atoms with E-state index in [4.69, 9.17) is 21.4 Å². The maximum Gasteiger partial charge on any atom is 0.335 e. The molecule has 4 nitrogen and oxygen atoms in total. The summed E-state index contributed by atoms with van der Waals surface area (Å²) in [4.78, 5) is 15.0. The number of benzene rings is 1. The van der Waals surface area contributed by atoms with Crippen LogP contribution in [0.15, 0.2) is 30.3 Å². The van der Waals surface area contributed by atoms with Crippen molar-refractivity contribution in [2.45, 2.75) is 0 Å². The van der Waals surface area contributed by atoms with Gasteiger partial charge in [-0.3, -0.25) is 0 Å². The van der Waals surface area contributed by atoms with E-state index in [-0.39, 0.29) is 22.7 Å². The third kappa shape index (κ3) is 2.82. The molecule has 0 spiro atoms. The first kappa shape index (κ1) is 13.3. The molecule has 2 rings (SSSR count). The molecule has 19 heavy (non-hydrogen) atoms. The van der Waals surface area contributed by atoms with E-state index in [0.29, 0.717) is 5.02 Å². The van der Waals surface area contributed by atoms with Crippen molar-refractivity contribution in [3.05, 3.63) is 46.7 Å². The number of hydrogen-bond acceptors (Lipinski definition) is 3. The minimum absolute atomic E-state index is 0.0405. The summed E-state index contributed by atoms with van der Waals surface area (Å²) >= 11 is 5.80. The molecule has 98 valence electrons. The number of pyridine rings is 1. The van der Waals surface area contributed by atoms with Crippen LogP contribution in [-0.2, 0) is 0 Å². The van der Waals surface area contributed by atoms with Gasteiger partial charge in [0.25, 0.3) is 0 Å². The lowest BCUT2D eigenvalue weighted by molar-refractivity contribution is 0.0696. The molecule has 0 atom stereocenters. The third-order valence-corrected chi connectivity index (χ3v) is 2.70. The Bertz CT molecular complexity index is 646. The van der Waals surface area contributed by atoms with E-state index < -0.39 is 11.8 Å². The molecule has 0 aliphatic heterocycles. The summed E-state index contributed by atoms with van der Waals surface area (Å²) in [6.07, 6.45) is 0. The van der Waals surface area contributed by atoms with Crippen LogP contribution < -0.4 is 4.74 Å². The molecule has 1 aromatic heterocycles. The molecule has 0 aliphatic rings. The van der Waals surface area contributed by atoms with Gasteiger partial charge in [0.2, 0.25) is 5.88 Å². The van der Waals surface area contributed by atoms with Gasteiger partial charge in [0.05, 0.1) is 18.4 Å². The van der Waals surface area contributed by atoms with Crippen LogP contribution in [0.4, 0.5) is 4.39 Å². The predicted octanol–water partition coefficient (Wildman–Crippen LogP) is 3.25. The number of nitrogens with zero attached hydrogens (tertiary/aromatic N) is 1. The van der Waals surface area contributed by atoms with Gasteiger partial charge in [-0.15, -0.1) is 0 Å². The van der Waals surface area contributed by atoms with Crippen molar-refractivity contribution < 1.29 is 19.0 Å². The number of rotatable bonds is 3. The molecule has 0 unspecified atom stereocenters. The van der Waals surface area contributed by atoms with Crippen LogP contribution in [0.3, 0.4) is 0 Å². The fourth-order valence-electron chi connectivity index (χ4n) is 1.57. The molecular formula is C13H9ClFNO3. The third-order valence-electron chi connectivity index (χ3n) is 2.46. The quantitative estimate of drug-likeness (QED) is 0.938. The van der Waals surface area contributed by atoms with Crippen molar-refractivity contribution >= 4 is 17.6 Å². The van der Waals surface area contributed by atoms with Crippen LogP contribution in [0.5, 0.6) is 5.88 Å². The second-order valence-electron chi connectivity index (χ2n) is 3.71. The average molecular weight is 282 g/mol. The van der Waals surface area contributed by atoms with Crippen molar-refractivity contribution in [1.29, 1.82) is 0 Å². The fraction of sp³-hybridized carbons (Fsp3) is 0.0769. The zero-order valence-electron chi connectivity index (χ0n) is 9.85. The number of carboxylic acid groups (broad SMARTS) is 1. The minimum Gasteiger partial charge on any atom is -0.481 e. The van der Waals surface area contributed by atoms with Crippen molar-refractivity contribution in [2.24, 2.45) is 0 Å². The van der Waals surface area contributed by atoms with E-state index in [0.717, 1.165) is 0 Å². The Balaban J connectivity index is 2.64. The fourth-order valence-corrected chi connectivity index (χ4v) is 1.74. The Morgan fingerprint density at radius 3 is 2.74 bits per heavy atom. The molecule has 0 radical (unpaired) electrons. The van der Waals surface area contributed by atoms with Crippen molar-refractivity contribution in [3.63, 3.8) is 0 Å². The van der Waals surface area contributed by atoms with Gasteiger partial charge in [0.1, 0.15) is 5.82 Å². The highest BCUT2D eigenvalue weighted by molar-refractivity contribution is 6.30. The monoisotopic (exact) mass is 281 g/mol. The first-order valence-electron chi connectivity index (χ1n) is 5.26. The molecule has 0 amide bonds. The van der Waals surface area contributed by atoms with Gasteiger partial charge in [0.15, 0.2) is 0 Å². The first-order valence-corrected chi connectivity index (χ1v) is 5.64. The highest BCUT2D eigenvalue weighted by Gasteiger charge is 2.13. The Hall–Kier alpha value is -2.14. The number of carboxylic acids is 1. The molecule has 1 N–H and O–H groups in total. The Kier molecular flexibility index (Phi) is 3.66. The number of carbonyl (C=O) groups is 1. The van der Waals surface area contributed by atoms with Gasteiger partial charge < -0.3 is 9.84 Å². The van der Waals surface area contributed by atoms with Gasteiger partial charge in [-0.25, -0.2) is 14.2 Å². The molecule has 6 heteroatoms. The highest BCUT2D eigenvalue weighted by atomic mass is 35.5. The van der Waals surface area contributed by atoms with Gasteiger partial charge in [-0.05, 0) is 24.3 Å². The largest absolute Gasteiger partial charge is 0.481 e. The maximum absolute atomic E-state index is 13.7. The number of ether oxygens (including phenoxy) is 1. The average Bonchev–Trinajstić information content (AvgIpc) is 2.40. The second kappa shape index (κ2) is 5.24. The number of aromatic carboxylic acids is 1. The van der Waals surface area contributed by atoms with Crippen LogP contribution >= 0.6 is 11.6 Å².